The number of aromatic nitrogens is 2. The topological polar surface area (TPSA) is 125 Å². The molecule has 8 heteroatoms. The third-order valence-corrected chi connectivity index (χ3v) is 2.47. The van der Waals surface area contributed by atoms with Gasteiger partial charge >= 0.3 is 5.97 Å². The van der Waals surface area contributed by atoms with Gasteiger partial charge in [-0.15, -0.1) is 0 Å². The first kappa shape index (κ1) is 14.1. The Bertz CT molecular complexity index is 746. The first-order valence-electron chi connectivity index (χ1n) is 5.79. The van der Waals surface area contributed by atoms with E-state index in [1.807, 2.05) is 0 Å². The van der Waals surface area contributed by atoms with E-state index in [4.69, 9.17) is 5.11 Å². The number of aromatic carboxylic acids is 1. The molecular formula is C13H10N4O4. The molecule has 1 aromatic heterocycles. The van der Waals surface area contributed by atoms with Crippen molar-refractivity contribution >= 4 is 18.1 Å². The molecule has 0 aliphatic carbocycles. The monoisotopic (exact) mass is 286 g/mol. The fraction of sp³-hybridized carbons (Fsp3) is 0. The van der Waals surface area contributed by atoms with Crippen LogP contribution in [0.3, 0.4) is 0 Å². The molecule has 0 aliphatic heterocycles. The Morgan fingerprint density at radius 3 is 2.67 bits per heavy atom. The number of hydrazone groups is 1. The number of carboxylic acids is 1. The fourth-order valence-electron chi connectivity index (χ4n) is 1.49. The SMILES string of the molecule is O=C(NN=Cc1ccccc1C(=O)O)c1ccc(=O)[nH]n1. The molecule has 0 unspecified atom stereocenters. The van der Waals surface area contributed by atoms with Crippen molar-refractivity contribution in [2.75, 3.05) is 0 Å². The van der Waals surface area contributed by atoms with Gasteiger partial charge < -0.3 is 5.11 Å². The molecule has 0 atom stereocenters. The van der Waals surface area contributed by atoms with Crippen molar-refractivity contribution in [3.63, 3.8) is 0 Å². The lowest BCUT2D eigenvalue weighted by Crippen LogP contribution is -2.21. The Hall–Kier alpha value is -3.29. The average Bonchev–Trinajstić information content (AvgIpc) is 2.48. The van der Waals surface area contributed by atoms with Crippen LogP contribution in [-0.4, -0.2) is 33.4 Å². The normalized spacial score (nSPS) is 10.5. The maximum absolute atomic E-state index is 11.6. The molecule has 21 heavy (non-hydrogen) atoms. The number of H-pyrrole nitrogens is 1. The predicted molar refractivity (Wildman–Crippen MR) is 73.3 cm³/mol. The highest BCUT2D eigenvalue weighted by Crippen LogP contribution is 2.05. The summed E-state index contributed by atoms with van der Waals surface area (Å²) in [5.74, 6) is -1.72. The van der Waals surface area contributed by atoms with Crippen LogP contribution < -0.4 is 11.0 Å². The minimum Gasteiger partial charge on any atom is -0.478 e. The average molecular weight is 286 g/mol. The van der Waals surface area contributed by atoms with Crippen molar-refractivity contribution in [2.45, 2.75) is 0 Å². The highest BCUT2D eigenvalue weighted by Gasteiger charge is 2.08. The Balaban J connectivity index is 2.09. The molecule has 1 amide bonds. The van der Waals surface area contributed by atoms with Crippen LogP contribution in [-0.2, 0) is 0 Å². The largest absolute Gasteiger partial charge is 0.478 e. The van der Waals surface area contributed by atoms with Crippen LogP contribution in [0.4, 0.5) is 0 Å². The molecule has 0 spiro atoms. The lowest BCUT2D eigenvalue weighted by molar-refractivity contribution is 0.0696. The third-order valence-electron chi connectivity index (χ3n) is 2.47. The lowest BCUT2D eigenvalue weighted by atomic mass is 10.1. The molecule has 0 saturated carbocycles. The number of carboxylic acid groups (broad SMARTS) is 1. The summed E-state index contributed by atoms with van der Waals surface area (Å²) >= 11 is 0. The predicted octanol–water partition coefficient (Wildman–Crippen LogP) is 0.232. The maximum atomic E-state index is 11.6. The number of nitrogens with zero attached hydrogens (tertiary/aromatic N) is 2. The molecule has 1 heterocycles. The highest BCUT2D eigenvalue weighted by molar-refractivity contribution is 5.99. The number of hydrogen-bond donors (Lipinski definition) is 3. The smallest absolute Gasteiger partial charge is 0.336 e. The first-order valence-corrected chi connectivity index (χ1v) is 5.79. The zero-order valence-electron chi connectivity index (χ0n) is 10.6. The van der Waals surface area contributed by atoms with Gasteiger partial charge in [-0.1, -0.05) is 18.2 Å². The maximum Gasteiger partial charge on any atom is 0.336 e. The minimum atomic E-state index is -1.09. The summed E-state index contributed by atoms with van der Waals surface area (Å²) in [6, 6.07) is 8.62. The van der Waals surface area contributed by atoms with Gasteiger partial charge in [-0.3, -0.25) is 9.59 Å². The molecule has 1 aromatic carbocycles. The number of rotatable bonds is 4. The van der Waals surface area contributed by atoms with Gasteiger partial charge in [-0.2, -0.15) is 10.2 Å². The van der Waals surface area contributed by atoms with Gasteiger partial charge in [0.05, 0.1) is 11.8 Å². The molecule has 0 radical (unpaired) electrons. The van der Waals surface area contributed by atoms with Crippen LogP contribution in [0.25, 0.3) is 0 Å². The Kier molecular flexibility index (Phi) is 4.20. The van der Waals surface area contributed by atoms with E-state index < -0.39 is 17.4 Å². The summed E-state index contributed by atoms with van der Waals surface area (Å²) < 4.78 is 0. The molecule has 106 valence electrons. The van der Waals surface area contributed by atoms with Crippen molar-refractivity contribution < 1.29 is 14.7 Å². The molecule has 8 nitrogen and oxygen atoms in total. The van der Waals surface area contributed by atoms with Crippen LogP contribution in [0.15, 0.2) is 46.3 Å². The van der Waals surface area contributed by atoms with Crippen LogP contribution in [0.5, 0.6) is 0 Å². The quantitative estimate of drug-likeness (QED) is 0.548. The minimum absolute atomic E-state index is 0.0155. The van der Waals surface area contributed by atoms with Gasteiger partial charge in [0, 0.05) is 11.6 Å². The molecule has 0 fully saturated rings. The number of amides is 1. The molecule has 2 rings (SSSR count). The van der Waals surface area contributed by atoms with E-state index in [2.05, 4.69) is 20.7 Å². The molecule has 3 N–H and O–H groups in total. The third kappa shape index (κ3) is 3.60. The van der Waals surface area contributed by atoms with Crippen LogP contribution >= 0.6 is 0 Å². The van der Waals surface area contributed by atoms with Crippen molar-refractivity contribution in [3.8, 4) is 0 Å². The second-order valence-corrected chi connectivity index (χ2v) is 3.90. The van der Waals surface area contributed by atoms with E-state index in [0.717, 1.165) is 6.07 Å². The summed E-state index contributed by atoms with van der Waals surface area (Å²) in [5.41, 5.74) is 2.16. The van der Waals surface area contributed by atoms with Crippen molar-refractivity contribution in [2.24, 2.45) is 5.10 Å². The molecule has 0 saturated heterocycles. The second kappa shape index (κ2) is 6.24. The summed E-state index contributed by atoms with van der Waals surface area (Å²) in [6.07, 6.45) is 1.22. The van der Waals surface area contributed by atoms with Crippen LogP contribution in [0.2, 0.25) is 0 Å². The van der Waals surface area contributed by atoms with Crippen molar-refractivity contribution in [3.05, 3.63) is 63.6 Å². The zero-order valence-corrected chi connectivity index (χ0v) is 10.6. The first-order chi connectivity index (χ1) is 10.1. The van der Waals surface area contributed by atoms with E-state index in [0.29, 0.717) is 5.56 Å². The lowest BCUT2D eigenvalue weighted by Gasteiger charge is -2.00. The number of carbonyl (C=O) groups is 2. The van der Waals surface area contributed by atoms with Crippen LogP contribution in [0.1, 0.15) is 26.4 Å². The summed E-state index contributed by atoms with van der Waals surface area (Å²) in [5, 5.41) is 18.3. The Labute approximate surface area is 118 Å². The summed E-state index contributed by atoms with van der Waals surface area (Å²) in [7, 11) is 0. The number of nitrogens with one attached hydrogen (secondary N) is 2. The Morgan fingerprint density at radius 1 is 1.24 bits per heavy atom. The number of carbonyl (C=O) groups excluding carboxylic acids is 1. The zero-order chi connectivity index (χ0) is 15.2. The number of benzene rings is 1. The highest BCUT2D eigenvalue weighted by atomic mass is 16.4. The Morgan fingerprint density at radius 2 is 2.00 bits per heavy atom. The summed E-state index contributed by atoms with van der Waals surface area (Å²) in [4.78, 5) is 33.4. The van der Waals surface area contributed by atoms with E-state index in [1.165, 1.54) is 18.3 Å². The standard InChI is InChI=1S/C13H10N4O4/c18-11-6-5-10(15-16-11)12(19)17-14-7-8-3-1-2-4-9(8)13(20)21/h1-7H,(H,16,18)(H,17,19)(H,20,21). The van der Waals surface area contributed by atoms with Crippen LogP contribution in [0, 0.1) is 0 Å². The van der Waals surface area contributed by atoms with Gasteiger partial charge in [0.1, 0.15) is 0 Å². The van der Waals surface area contributed by atoms with Gasteiger partial charge in [-0.25, -0.2) is 15.3 Å². The van der Waals surface area contributed by atoms with Gasteiger partial charge in [0.15, 0.2) is 5.69 Å². The van der Waals surface area contributed by atoms with E-state index >= 15 is 0 Å². The molecule has 2 aromatic rings. The van der Waals surface area contributed by atoms with Gasteiger partial charge in [0.2, 0.25) is 0 Å². The van der Waals surface area contributed by atoms with E-state index in [1.54, 1.807) is 18.2 Å². The van der Waals surface area contributed by atoms with Gasteiger partial charge in [0.25, 0.3) is 11.5 Å². The molecule has 0 aliphatic rings. The van der Waals surface area contributed by atoms with Crippen molar-refractivity contribution in [1.82, 2.24) is 15.6 Å². The van der Waals surface area contributed by atoms with E-state index in [9.17, 15) is 14.4 Å². The van der Waals surface area contributed by atoms with Crippen molar-refractivity contribution in [1.29, 1.82) is 0 Å². The van der Waals surface area contributed by atoms with Gasteiger partial charge in [-0.05, 0) is 12.1 Å². The summed E-state index contributed by atoms with van der Waals surface area (Å²) in [6.45, 7) is 0. The fourth-order valence-corrected chi connectivity index (χ4v) is 1.49. The van der Waals surface area contributed by atoms with E-state index in [-0.39, 0.29) is 11.3 Å². The molecular weight excluding hydrogens is 276 g/mol. The number of hydrogen-bond acceptors (Lipinski definition) is 5. The molecule has 0 bridgehead atoms. The number of aromatic amines is 1. The second-order valence-electron chi connectivity index (χ2n) is 3.90.